The van der Waals surface area contributed by atoms with Crippen LogP contribution in [0.1, 0.15) is 37.7 Å². The second kappa shape index (κ2) is 6.86. The summed E-state index contributed by atoms with van der Waals surface area (Å²) in [6.07, 6.45) is 7.29. The Bertz CT molecular complexity index is 654. The molecule has 0 aliphatic heterocycles. The Kier molecular flexibility index (Phi) is 4.67. The van der Waals surface area contributed by atoms with Gasteiger partial charge >= 0.3 is 0 Å². The van der Waals surface area contributed by atoms with Crippen LogP contribution >= 0.6 is 0 Å². The number of benzene rings is 2. The molecule has 3 heteroatoms. The molecule has 2 aromatic rings. The summed E-state index contributed by atoms with van der Waals surface area (Å²) in [5.74, 6) is 0. The molecule has 2 aromatic carbocycles. The van der Waals surface area contributed by atoms with Gasteiger partial charge in [-0.25, -0.2) is 4.79 Å². The summed E-state index contributed by atoms with van der Waals surface area (Å²) in [5, 5.41) is 2.88. The molecule has 2 nitrogen and oxygen atoms in total. The highest BCUT2D eigenvalue weighted by atomic mass is 28.2. The van der Waals surface area contributed by atoms with Gasteiger partial charge in [-0.3, -0.25) is 0 Å². The zero-order valence-electron chi connectivity index (χ0n) is 12.8. The lowest BCUT2D eigenvalue weighted by Gasteiger charge is -2.32. The maximum absolute atomic E-state index is 10.9. The highest BCUT2D eigenvalue weighted by molar-refractivity contribution is 6.67. The molecule has 1 saturated carbocycles. The smallest absolute Gasteiger partial charge is 0.211 e. The van der Waals surface area contributed by atoms with E-state index in [1.165, 1.54) is 22.4 Å². The van der Waals surface area contributed by atoms with Crippen LogP contribution in [0, 0.1) is 0 Å². The van der Waals surface area contributed by atoms with Crippen LogP contribution in [0.4, 0.5) is 0 Å². The van der Waals surface area contributed by atoms with Gasteiger partial charge in [0.15, 0.2) is 0 Å². The van der Waals surface area contributed by atoms with Crippen LogP contribution in [0.15, 0.2) is 59.6 Å². The fourth-order valence-electron chi connectivity index (χ4n) is 3.45. The number of rotatable bonds is 4. The Balaban J connectivity index is 1.82. The van der Waals surface area contributed by atoms with Crippen molar-refractivity contribution in [2.45, 2.75) is 37.6 Å². The summed E-state index contributed by atoms with van der Waals surface area (Å²) in [7, 11) is -0.417. The number of hydrogen-bond donors (Lipinski definition) is 0. The monoisotopic (exact) mass is 307 g/mol. The highest BCUT2D eigenvalue weighted by Crippen LogP contribution is 2.40. The van der Waals surface area contributed by atoms with Crippen molar-refractivity contribution >= 4 is 26.0 Å². The van der Waals surface area contributed by atoms with Crippen LogP contribution in [0.3, 0.4) is 0 Å². The third kappa shape index (κ3) is 3.27. The van der Waals surface area contributed by atoms with E-state index < -0.39 is 9.52 Å². The van der Waals surface area contributed by atoms with Crippen molar-refractivity contribution < 1.29 is 4.79 Å². The van der Waals surface area contributed by atoms with Crippen molar-refractivity contribution in [1.82, 2.24) is 0 Å². The molecule has 0 aromatic heterocycles. The molecule has 1 aliphatic rings. The van der Waals surface area contributed by atoms with Crippen LogP contribution in [0.5, 0.6) is 0 Å². The van der Waals surface area contributed by atoms with E-state index >= 15 is 0 Å². The van der Waals surface area contributed by atoms with Gasteiger partial charge in [-0.2, -0.15) is 4.99 Å². The van der Waals surface area contributed by atoms with Crippen molar-refractivity contribution in [3.05, 3.63) is 60.2 Å². The third-order valence-electron chi connectivity index (χ3n) is 4.68. The minimum atomic E-state index is -0.417. The van der Waals surface area contributed by atoms with E-state index in [0.717, 1.165) is 25.7 Å². The first-order chi connectivity index (χ1) is 10.8. The minimum Gasteiger partial charge on any atom is -0.211 e. The standard InChI is InChI=1S/C19H21NOSi/c21-15-20-19(13-5-2-6-14-19)16-9-11-18(12-10-16)22-17-7-3-1-4-8-17/h1,3-4,7-12H,2,5-6,13-14,22H2. The van der Waals surface area contributed by atoms with Crippen LogP contribution in [-0.2, 0) is 10.3 Å². The van der Waals surface area contributed by atoms with Crippen LogP contribution in [-0.4, -0.2) is 15.6 Å². The van der Waals surface area contributed by atoms with Crippen molar-refractivity contribution in [2.75, 3.05) is 0 Å². The Morgan fingerprint density at radius 1 is 0.864 bits per heavy atom. The molecular formula is C19H21NOSi. The van der Waals surface area contributed by atoms with Gasteiger partial charge in [-0.1, -0.05) is 84.2 Å². The van der Waals surface area contributed by atoms with Crippen molar-refractivity contribution in [1.29, 1.82) is 0 Å². The fourth-order valence-corrected chi connectivity index (χ4v) is 4.90. The first-order valence-corrected chi connectivity index (χ1v) is 9.46. The van der Waals surface area contributed by atoms with Gasteiger partial charge in [0.05, 0.1) is 15.1 Å². The Morgan fingerprint density at radius 3 is 2.14 bits per heavy atom. The molecule has 0 unspecified atom stereocenters. The van der Waals surface area contributed by atoms with E-state index in [-0.39, 0.29) is 5.54 Å². The lowest BCUT2D eigenvalue weighted by atomic mass is 9.77. The zero-order valence-corrected chi connectivity index (χ0v) is 14.2. The number of isocyanates is 1. The average Bonchev–Trinajstić information content (AvgIpc) is 2.57. The number of nitrogens with zero attached hydrogens (tertiary/aromatic N) is 1. The number of hydrogen-bond acceptors (Lipinski definition) is 2. The van der Waals surface area contributed by atoms with Gasteiger partial charge < -0.3 is 0 Å². The predicted molar refractivity (Wildman–Crippen MR) is 93.6 cm³/mol. The summed E-state index contributed by atoms with van der Waals surface area (Å²) in [4.78, 5) is 15.1. The lowest BCUT2D eigenvalue weighted by molar-refractivity contribution is 0.304. The second-order valence-corrected chi connectivity index (χ2v) is 8.14. The van der Waals surface area contributed by atoms with E-state index in [1.807, 2.05) is 6.08 Å². The molecule has 112 valence electrons. The normalized spacial score (nSPS) is 17.3. The van der Waals surface area contributed by atoms with E-state index in [0.29, 0.717) is 0 Å². The summed E-state index contributed by atoms with van der Waals surface area (Å²) >= 11 is 0. The van der Waals surface area contributed by atoms with E-state index in [1.54, 1.807) is 0 Å². The highest BCUT2D eigenvalue weighted by Gasteiger charge is 2.33. The summed E-state index contributed by atoms with van der Waals surface area (Å²) in [6.45, 7) is 0. The minimum absolute atomic E-state index is 0.313. The topological polar surface area (TPSA) is 29.4 Å². The third-order valence-corrected chi connectivity index (χ3v) is 6.44. The van der Waals surface area contributed by atoms with Gasteiger partial charge in [0.2, 0.25) is 6.08 Å². The van der Waals surface area contributed by atoms with E-state index in [2.05, 4.69) is 59.6 Å². The lowest BCUT2D eigenvalue weighted by Crippen LogP contribution is -2.29. The molecule has 0 N–H and O–H groups in total. The summed E-state index contributed by atoms with van der Waals surface area (Å²) in [5.41, 5.74) is 0.869. The van der Waals surface area contributed by atoms with Crippen LogP contribution < -0.4 is 10.4 Å². The van der Waals surface area contributed by atoms with Crippen molar-refractivity contribution in [3.8, 4) is 0 Å². The molecule has 0 saturated heterocycles. The maximum Gasteiger partial charge on any atom is 0.235 e. The van der Waals surface area contributed by atoms with Gasteiger partial charge in [0, 0.05) is 0 Å². The summed E-state index contributed by atoms with van der Waals surface area (Å²) < 4.78 is 0. The SMILES string of the molecule is O=C=NC1(c2ccc([SiH2]c3ccccc3)cc2)CCCCC1. The maximum atomic E-state index is 10.9. The molecule has 0 spiro atoms. The Morgan fingerprint density at radius 2 is 1.50 bits per heavy atom. The predicted octanol–water partition coefficient (Wildman–Crippen LogP) is 2.30. The average molecular weight is 307 g/mol. The van der Waals surface area contributed by atoms with Gasteiger partial charge in [0.1, 0.15) is 0 Å². The molecule has 0 radical (unpaired) electrons. The quantitative estimate of drug-likeness (QED) is 0.484. The molecule has 1 fully saturated rings. The van der Waals surface area contributed by atoms with Crippen LogP contribution in [0.2, 0.25) is 0 Å². The molecule has 0 bridgehead atoms. The molecule has 0 amide bonds. The molecule has 22 heavy (non-hydrogen) atoms. The molecule has 0 heterocycles. The fraction of sp³-hybridized carbons (Fsp3) is 0.316. The van der Waals surface area contributed by atoms with Crippen molar-refractivity contribution in [2.24, 2.45) is 4.99 Å². The van der Waals surface area contributed by atoms with Gasteiger partial charge in [-0.05, 0) is 18.4 Å². The van der Waals surface area contributed by atoms with Gasteiger partial charge in [-0.15, -0.1) is 0 Å². The Hall–Kier alpha value is -1.96. The van der Waals surface area contributed by atoms with E-state index in [4.69, 9.17) is 0 Å². The first kappa shape index (κ1) is 15.0. The molecule has 0 atom stereocenters. The van der Waals surface area contributed by atoms with Crippen LogP contribution in [0.25, 0.3) is 0 Å². The zero-order chi connectivity index (χ0) is 15.3. The van der Waals surface area contributed by atoms with Crippen molar-refractivity contribution in [3.63, 3.8) is 0 Å². The Labute approximate surface area is 134 Å². The first-order valence-electron chi connectivity index (χ1n) is 8.05. The summed E-state index contributed by atoms with van der Waals surface area (Å²) in [6, 6.07) is 19.5. The van der Waals surface area contributed by atoms with E-state index in [9.17, 15) is 4.79 Å². The molecule has 3 rings (SSSR count). The van der Waals surface area contributed by atoms with Gasteiger partial charge in [0.25, 0.3) is 0 Å². The largest absolute Gasteiger partial charge is 0.235 e. The second-order valence-electron chi connectivity index (χ2n) is 6.15. The number of aliphatic imine (C=N–C) groups is 1. The number of carbonyl (C=O) groups excluding carboxylic acids is 1. The molecule has 1 aliphatic carbocycles. The molecular weight excluding hydrogens is 286 g/mol.